The number of anilines is 1. The van der Waals surface area contributed by atoms with Crippen LogP contribution in [0.15, 0.2) is 11.4 Å². The standard InChI is InChI=1S/C23H33N5O2/c1-3-28-22-20(15(2)26-28)21(25-16-7-5-4-6-8-16)18(14-24-22)19-13-23(30-27-19)11-9-17(29)10-12-23/h14,16-17,29H,3-13H2,1-2H3,(H,24,25). The molecule has 7 heteroatoms. The van der Waals surface area contributed by atoms with Gasteiger partial charge in [-0.3, -0.25) is 0 Å². The maximum atomic E-state index is 9.91. The maximum Gasteiger partial charge on any atom is 0.160 e. The number of oxime groups is 1. The Hall–Kier alpha value is -2.15. The number of hydrogen-bond acceptors (Lipinski definition) is 6. The Labute approximate surface area is 177 Å². The van der Waals surface area contributed by atoms with Gasteiger partial charge in [0.2, 0.25) is 0 Å². The summed E-state index contributed by atoms with van der Waals surface area (Å²) < 4.78 is 1.98. The summed E-state index contributed by atoms with van der Waals surface area (Å²) in [6.45, 7) is 4.98. The van der Waals surface area contributed by atoms with Gasteiger partial charge in [-0.1, -0.05) is 24.4 Å². The van der Waals surface area contributed by atoms with Gasteiger partial charge in [0.1, 0.15) is 5.60 Å². The molecule has 3 heterocycles. The lowest BCUT2D eigenvalue weighted by Gasteiger charge is -2.32. The van der Waals surface area contributed by atoms with Crippen LogP contribution in [0.5, 0.6) is 0 Å². The smallest absolute Gasteiger partial charge is 0.160 e. The summed E-state index contributed by atoms with van der Waals surface area (Å²) in [5.41, 5.74) is 4.84. The van der Waals surface area contributed by atoms with Crippen molar-refractivity contribution in [1.82, 2.24) is 14.8 Å². The molecule has 0 unspecified atom stereocenters. The van der Waals surface area contributed by atoms with Gasteiger partial charge in [-0.05, 0) is 52.4 Å². The molecule has 1 spiro atoms. The molecule has 2 aromatic heterocycles. The lowest BCUT2D eigenvalue weighted by atomic mass is 9.79. The molecular formula is C23H33N5O2. The van der Waals surface area contributed by atoms with Gasteiger partial charge in [0.05, 0.1) is 28.6 Å². The first-order chi connectivity index (χ1) is 14.6. The third-order valence-electron chi connectivity index (χ3n) is 7.21. The van der Waals surface area contributed by atoms with Gasteiger partial charge in [-0.2, -0.15) is 5.10 Å². The van der Waals surface area contributed by atoms with Crippen molar-refractivity contribution in [3.8, 4) is 0 Å². The van der Waals surface area contributed by atoms with E-state index in [1.807, 2.05) is 10.9 Å². The molecule has 0 saturated heterocycles. The van der Waals surface area contributed by atoms with E-state index < -0.39 is 0 Å². The molecule has 0 atom stereocenters. The molecule has 0 aromatic carbocycles. The van der Waals surface area contributed by atoms with Crippen LogP contribution >= 0.6 is 0 Å². The second kappa shape index (κ2) is 7.84. The predicted octanol–water partition coefficient (Wildman–Crippen LogP) is 4.30. The topological polar surface area (TPSA) is 84.6 Å². The number of nitrogens with one attached hydrogen (secondary N) is 1. The largest absolute Gasteiger partial charge is 0.393 e. The van der Waals surface area contributed by atoms with Crippen LogP contribution in [0.1, 0.15) is 82.4 Å². The molecule has 2 fully saturated rings. The maximum absolute atomic E-state index is 9.91. The van der Waals surface area contributed by atoms with Gasteiger partial charge in [0.25, 0.3) is 0 Å². The molecule has 0 bridgehead atoms. The molecule has 2 saturated carbocycles. The Bertz CT molecular complexity index is 952. The predicted molar refractivity (Wildman–Crippen MR) is 118 cm³/mol. The Morgan fingerprint density at radius 3 is 2.70 bits per heavy atom. The summed E-state index contributed by atoms with van der Waals surface area (Å²) in [6.07, 6.45) is 12.1. The monoisotopic (exact) mass is 411 g/mol. The summed E-state index contributed by atoms with van der Waals surface area (Å²) in [5.74, 6) is 0. The van der Waals surface area contributed by atoms with E-state index >= 15 is 0 Å². The Morgan fingerprint density at radius 2 is 1.97 bits per heavy atom. The molecule has 2 aliphatic carbocycles. The summed E-state index contributed by atoms with van der Waals surface area (Å²) in [4.78, 5) is 10.8. The first-order valence-corrected chi connectivity index (χ1v) is 11.6. The number of aryl methyl sites for hydroxylation is 2. The third kappa shape index (κ3) is 3.47. The van der Waals surface area contributed by atoms with E-state index in [9.17, 15) is 5.11 Å². The van der Waals surface area contributed by atoms with Gasteiger partial charge >= 0.3 is 0 Å². The van der Waals surface area contributed by atoms with Gasteiger partial charge in [0, 0.05) is 30.8 Å². The molecule has 30 heavy (non-hydrogen) atoms. The van der Waals surface area contributed by atoms with E-state index in [1.165, 1.54) is 32.1 Å². The minimum absolute atomic E-state index is 0.202. The van der Waals surface area contributed by atoms with Crippen molar-refractivity contribution in [2.45, 2.75) is 102 Å². The molecule has 2 aromatic rings. The van der Waals surface area contributed by atoms with Crippen molar-refractivity contribution >= 4 is 22.4 Å². The van der Waals surface area contributed by atoms with Crippen LogP contribution in [0.3, 0.4) is 0 Å². The number of aliphatic hydroxyl groups excluding tert-OH is 1. The highest BCUT2D eigenvalue weighted by Gasteiger charge is 2.43. The van der Waals surface area contributed by atoms with Gasteiger partial charge < -0.3 is 15.3 Å². The highest BCUT2D eigenvalue weighted by Crippen LogP contribution is 2.42. The molecule has 3 aliphatic rings. The zero-order chi connectivity index (χ0) is 20.7. The Kier molecular flexibility index (Phi) is 5.17. The van der Waals surface area contributed by atoms with E-state index in [2.05, 4.69) is 24.3 Å². The number of fused-ring (bicyclic) bond motifs is 1. The summed E-state index contributed by atoms with van der Waals surface area (Å²) in [5, 5.41) is 24.2. The summed E-state index contributed by atoms with van der Waals surface area (Å²) in [7, 11) is 0. The van der Waals surface area contributed by atoms with Crippen LogP contribution < -0.4 is 5.32 Å². The highest BCUT2D eigenvalue weighted by molar-refractivity contribution is 6.11. The van der Waals surface area contributed by atoms with Gasteiger partial charge in [-0.25, -0.2) is 9.67 Å². The van der Waals surface area contributed by atoms with Crippen molar-refractivity contribution in [3.05, 3.63) is 17.5 Å². The fourth-order valence-corrected chi connectivity index (χ4v) is 5.42. The number of hydrogen-bond donors (Lipinski definition) is 2. The molecule has 1 aliphatic heterocycles. The van der Waals surface area contributed by atoms with Gasteiger partial charge in [-0.15, -0.1) is 0 Å². The lowest BCUT2D eigenvalue weighted by molar-refractivity contribution is -0.0676. The minimum Gasteiger partial charge on any atom is -0.393 e. The molecule has 2 N–H and O–H groups in total. The second-order valence-corrected chi connectivity index (χ2v) is 9.35. The van der Waals surface area contributed by atoms with Gasteiger partial charge in [0.15, 0.2) is 5.65 Å². The Morgan fingerprint density at radius 1 is 1.20 bits per heavy atom. The van der Waals surface area contributed by atoms with Crippen molar-refractivity contribution < 1.29 is 9.94 Å². The van der Waals surface area contributed by atoms with Crippen molar-refractivity contribution in [1.29, 1.82) is 0 Å². The lowest BCUT2D eigenvalue weighted by Crippen LogP contribution is -2.36. The fraction of sp³-hybridized carbons (Fsp3) is 0.696. The minimum atomic E-state index is -0.256. The number of rotatable bonds is 4. The van der Waals surface area contributed by atoms with Crippen molar-refractivity contribution in [3.63, 3.8) is 0 Å². The molecule has 0 radical (unpaired) electrons. The first kappa shape index (κ1) is 19.8. The van der Waals surface area contributed by atoms with Crippen LogP contribution in [0.2, 0.25) is 0 Å². The van der Waals surface area contributed by atoms with Crippen LogP contribution in [-0.2, 0) is 11.4 Å². The zero-order valence-electron chi connectivity index (χ0n) is 18.2. The molecule has 162 valence electrons. The number of pyridine rings is 1. The number of nitrogens with zero attached hydrogens (tertiary/aromatic N) is 4. The molecule has 0 amide bonds. The first-order valence-electron chi connectivity index (χ1n) is 11.6. The van der Waals surface area contributed by atoms with E-state index in [0.29, 0.717) is 6.04 Å². The van der Waals surface area contributed by atoms with Crippen LogP contribution in [0.25, 0.3) is 11.0 Å². The summed E-state index contributed by atoms with van der Waals surface area (Å²) in [6, 6.07) is 0.481. The van der Waals surface area contributed by atoms with E-state index in [-0.39, 0.29) is 11.7 Å². The average Bonchev–Trinajstić information content (AvgIpc) is 3.33. The quantitative estimate of drug-likeness (QED) is 0.783. The average molecular weight is 412 g/mol. The van der Waals surface area contributed by atoms with Crippen LogP contribution in [-0.4, -0.2) is 43.3 Å². The number of aromatic nitrogens is 3. The third-order valence-corrected chi connectivity index (χ3v) is 7.21. The summed E-state index contributed by atoms with van der Waals surface area (Å²) >= 11 is 0. The molecular weight excluding hydrogens is 378 g/mol. The fourth-order valence-electron chi connectivity index (χ4n) is 5.42. The Balaban J connectivity index is 1.52. The van der Waals surface area contributed by atoms with Crippen molar-refractivity contribution in [2.24, 2.45) is 5.16 Å². The normalized spacial score (nSPS) is 27.4. The second-order valence-electron chi connectivity index (χ2n) is 9.35. The van der Waals surface area contributed by atoms with E-state index in [1.54, 1.807) is 0 Å². The van der Waals surface area contributed by atoms with E-state index in [0.717, 1.165) is 72.3 Å². The SMILES string of the molecule is CCn1nc(C)c2c(NC3CCCCC3)c(C3=NOC4(CCC(O)CC4)C3)cnc21. The highest BCUT2D eigenvalue weighted by atomic mass is 16.7. The molecule has 5 rings (SSSR count). The molecule has 7 nitrogen and oxygen atoms in total. The number of aliphatic hydroxyl groups is 1. The van der Waals surface area contributed by atoms with E-state index in [4.69, 9.17) is 14.9 Å². The zero-order valence-corrected chi connectivity index (χ0v) is 18.2. The van der Waals surface area contributed by atoms with Crippen molar-refractivity contribution in [2.75, 3.05) is 5.32 Å². The van der Waals surface area contributed by atoms with Crippen LogP contribution in [0.4, 0.5) is 5.69 Å². The van der Waals surface area contributed by atoms with Crippen LogP contribution in [0, 0.1) is 6.92 Å².